The predicted molar refractivity (Wildman–Crippen MR) is 84.3 cm³/mol. The summed E-state index contributed by atoms with van der Waals surface area (Å²) < 4.78 is 0. The summed E-state index contributed by atoms with van der Waals surface area (Å²) in [5.74, 6) is 0. The molecule has 1 aliphatic heterocycles. The minimum atomic E-state index is -0.551. The molecular formula is C18H16N2O. The molecule has 3 aromatic rings. The molecular weight excluding hydrogens is 260 g/mol. The Morgan fingerprint density at radius 3 is 2.76 bits per heavy atom. The summed E-state index contributed by atoms with van der Waals surface area (Å²) in [6.07, 6.45) is 2.06. The minimum Gasteiger partial charge on any atom is -0.386 e. The van der Waals surface area contributed by atoms with E-state index in [1.165, 1.54) is 5.56 Å². The van der Waals surface area contributed by atoms with Gasteiger partial charge in [0.25, 0.3) is 0 Å². The number of rotatable bonds is 2. The van der Waals surface area contributed by atoms with Crippen molar-refractivity contribution in [2.75, 3.05) is 5.32 Å². The van der Waals surface area contributed by atoms with E-state index >= 15 is 0 Å². The fourth-order valence-electron chi connectivity index (χ4n) is 3.11. The largest absolute Gasteiger partial charge is 0.386 e. The van der Waals surface area contributed by atoms with Gasteiger partial charge in [-0.05, 0) is 35.7 Å². The van der Waals surface area contributed by atoms with Gasteiger partial charge in [-0.1, -0.05) is 36.4 Å². The maximum Gasteiger partial charge on any atom is 0.100 e. The first kappa shape index (κ1) is 12.4. The normalized spacial score (nSPS) is 18.2. The number of fused-ring (bicyclic) bond motifs is 2. The Bertz CT molecular complexity index is 770. The van der Waals surface area contributed by atoms with E-state index in [4.69, 9.17) is 0 Å². The third kappa shape index (κ3) is 2.06. The Labute approximate surface area is 123 Å². The van der Waals surface area contributed by atoms with Gasteiger partial charge in [0.15, 0.2) is 0 Å². The Hall–Kier alpha value is -2.39. The van der Waals surface area contributed by atoms with Gasteiger partial charge in [-0.3, -0.25) is 4.98 Å². The lowest BCUT2D eigenvalue weighted by molar-refractivity contribution is 0.158. The number of hydrogen-bond acceptors (Lipinski definition) is 3. The van der Waals surface area contributed by atoms with Crippen molar-refractivity contribution in [3.8, 4) is 0 Å². The summed E-state index contributed by atoms with van der Waals surface area (Å²) in [4.78, 5) is 4.36. The van der Waals surface area contributed by atoms with Gasteiger partial charge in [0.05, 0.1) is 11.6 Å². The standard InChI is InChI=1S/C18H16N2O/c21-18(17-11-12-5-1-3-7-15(12)20-17)14-9-10-19-16-8-4-2-6-13(14)16/h1-10,17-18,20-21H,11H2. The Morgan fingerprint density at radius 2 is 1.86 bits per heavy atom. The first-order chi connectivity index (χ1) is 10.3. The molecule has 2 atom stereocenters. The topological polar surface area (TPSA) is 45.2 Å². The average Bonchev–Trinajstić information content (AvgIpc) is 2.97. The molecule has 0 saturated carbocycles. The summed E-state index contributed by atoms with van der Waals surface area (Å²) >= 11 is 0. The third-order valence-corrected chi connectivity index (χ3v) is 4.18. The molecule has 0 aliphatic carbocycles. The number of aliphatic hydroxyl groups is 1. The van der Waals surface area contributed by atoms with Crippen molar-refractivity contribution >= 4 is 16.6 Å². The van der Waals surface area contributed by atoms with E-state index in [0.29, 0.717) is 0 Å². The van der Waals surface area contributed by atoms with Crippen LogP contribution in [0.3, 0.4) is 0 Å². The molecule has 0 spiro atoms. The van der Waals surface area contributed by atoms with Crippen molar-refractivity contribution in [1.82, 2.24) is 4.98 Å². The van der Waals surface area contributed by atoms with Crippen LogP contribution in [-0.4, -0.2) is 16.1 Å². The SMILES string of the molecule is OC(c1ccnc2ccccc12)C1Cc2ccccc2N1. The Kier molecular flexibility index (Phi) is 2.86. The molecule has 0 amide bonds. The second kappa shape index (κ2) is 4.86. The van der Waals surface area contributed by atoms with Crippen molar-refractivity contribution in [3.05, 3.63) is 71.9 Å². The van der Waals surface area contributed by atoms with E-state index in [0.717, 1.165) is 28.6 Å². The van der Waals surface area contributed by atoms with E-state index in [1.807, 2.05) is 42.5 Å². The van der Waals surface area contributed by atoms with Crippen LogP contribution in [0.15, 0.2) is 60.8 Å². The molecule has 0 fully saturated rings. The molecule has 3 heteroatoms. The zero-order chi connectivity index (χ0) is 14.2. The van der Waals surface area contributed by atoms with Crippen molar-refractivity contribution in [3.63, 3.8) is 0 Å². The van der Waals surface area contributed by atoms with Gasteiger partial charge >= 0.3 is 0 Å². The number of pyridine rings is 1. The number of anilines is 1. The fourth-order valence-corrected chi connectivity index (χ4v) is 3.11. The number of nitrogens with one attached hydrogen (secondary N) is 1. The van der Waals surface area contributed by atoms with E-state index in [9.17, 15) is 5.11 Å². The molecule has 1 aliphatic rings. The molecule has 0 saturated heterocycles. The van der Waals surface area contributed by atoms with Gasteiger partial charge in [0.2, 0.25) is 0 Å². The number of aliphatic hydroxyl groups excluding tert-OH is 1. The van der Waals surface area contributed by atoms with E-state index < -0.39 is 6.10 Å². The van der Waals surface area contributed by atoms with Crippen LogP contribution in [0.5, 0.6) is 0 Å². The monoisotopic (exact) mass is 276 g/mol. The molecule has 2 N–H and O–H groups in total. The molecule has 2 unspecified atom stereocenters. The van der Waals surface area contributed by atoms with Crippen LogP contribution >= 0.6 is 0 Å². The van der Waals surface area contributed by atoms with Crippen LogP contribution in [0.4, 0.5) is 5.69 Å². The van der Waals surface area contributed by atoms with Crippen LogP contribution in [0.25, 0.3) is 10.9 Å². The number of para-hydroxylation sites is 2. The first-order valence-corrected chi connectivity index (χ1v) is 7.19. The highest BCUT2D eigenvalue weighted by Crippen LogP contribution is 2.33. The lowest BCUT2D eigenvalue weighted by atomic mass is 9.97. The van der Waals surface area contributed by atoms with E-state index in [2.05, 4.69) is 22.4 Å². The van der Waals surface area contributed by atoms with Gasteiger partial charge in [-0.2, -0.15) is 0 Å². The summed E-state index contributed by atoms with van der Waals surface area (Å²) in [6.45, 7) is 0. The Morgan fingerprint density at radius 1 is 1.05 bits per heavy atom. The van der Waals surface area contributed by atoms with E-state index in [1.54, 1.807) is 6.20 Å². The first-order valence-electron chi connectivity index (χ1n) is 7.19. The van der Waals surface area contributed by atoms with Gasteiger partial charge in [-0.15, -0.1) is 0 Å². The maximum atomic E-state index is 10.8. The van der Waals surface area contributed by atoms with Gasteiger partial charge in [0.1, 0.15) is 6.10 Å². The van der Waals surface area contributed by atoms with Crippen LogP contribution in [0.1, 0.15) is 17.2 Å². The fraction of sp³-hybridized carbons (Fsp3) is 0.167. The highest BCUT2D eigenvalue weighted by Gasteiger charge is 2.28. The molecule has 2 aromatic carbocycles. The molecule has 3 nitrogen and oxygen atoms in total. The van der Waals surface area contributed by atoms with Gasteiger partial charge in [0, 0.05) is 17.3 Å². The molecule has 2 heterocycles. The van der Waals surface area contributed by atoms with Crippen LogP contribution in [0.2, 0.25) is 0 Å². The lowest BCUT2D eigenvalue weighted by Crippen LogP contribution is -2.25. The molecule has 21 heavy (non-hydrogen) atoms. The summed E-state index contributed by atoms with van der Waals surface area (Å²) in [5.41, 5.74) is 4.25. The molecule has 0 bridgehead atoms. The molecule has 0 radical (unpaired) electrons. The minimum absolute atomic E-state index is 0.00760. The number of hydrogen-bond donors (Lipinski definition) is 2. The van der Waals surface area contributed by atoms with Crippen molar-refractivity contribution in [2.24, 2.45) is 0 Å². The highest BCUT2D eigenvalue weighted by atomic mass is 16.3. The quantitative estimate of drug-likeness (QED) is 0.755. The average molecular weight is 276 g/mol. The third-order valence-electron chi connectivity index (χ3n) is 4.18. The van der Waals surface area contributed by atoms with Crippen molar-refractivity contribution in [1.29, 1.82) is 0 Å². The maximum absolute atomic E-state index is 10.8. The molecule has 1 aromatic heterocycles. The summed E-state index contributed by atoms with van der Waals surface area (Å²) in [5, 5.41) is 15.2. The van der Waals surface area contributed by atoms with Crippen molar-refractivity contribution in [2.45, 2.75) is 18.6 Å². The highest BCUT2D eigenvalue weighted by molar-refractivity contribution is 5.82. The lowest BCUT2D eigenvalue weighted by Gasteiger charge is -2.20. The summed E-state index contributed by atoms with van der Waals surface area (Å²) in [7, 11) is 0. The number of benzene rings is 2. The second-order valence-electron chi connectivity index (χ2n) is 5.47. The van der Waals surface area contributed by atoms with Crippen molar-refractivity contribution < 1.29 is 5.11 Å². The zero-order valence-corrected chi connectivity index (χ0v) is 11.5. The van der Waals surface area contributed by atoms with E-state index in [-0.39, 0.29) is 6.04 Å². The zero-order valence-electron chi connectivity index (χ0n) is 11.5. The predicted octanol–water partition coefficient (Wildman–Crippen LogP) is 3.31. The van der Waals surface area contributed by atoms with Crippen LogP contribution in [0, 0.1) is 0 Å². The molecule has 4 rings (SSSR count). The number of aromatic nitrogens is 1. The smallest absolute Gasteiger partial charge is 0.100 e. The second-order valence-corrected chi connectivity index (χ2v) is 5.47. The van der Waals surface area contributed by atoms with Crippen LogP contribution < -0.4 is 5.32 Å². The Balaban J connectivity index is 1.71. The summed E-state index contributed by atoms with van der Waals surface area (Å²) in [6, 6.07) is 18.1. The van der Waals surface area contributed by atoms with Crippen LogP contribution in [-0.2, 0) is 6.42 Å². The molecule has 104 valence electrons. The number of nitrogens with zero attached hydrogens (tertiary/aromatic N) is 1. The van der Waals surface area contributed by atoms with Gasteiger partial charge < -0.3 is 10.4 Å². The van der Waals surface area contributed by atoms with Gasteiger partial charge in [-0.25, -0.2) is 0 Å².